The van der Waals surface area contributed by atoms with Gasteiger partial charge in [-0.15, -0.1) is 0 Å². The number of nitrogens with zero attached hydrogens (tertiary/aromatic N) is 2. The fourth-order valence-corrected chi connectivity index (χ4v) is 2.03. The predicted octanol–water partition coefficient (Wildman–Crippen LogP) is 3.50. The highest BCUT2D eigenvalue weighted by Crippen LogP contribution is 2.17. The van der Waals surface area contributed by atoms with Crippen LogP contribution in [0.1, 0.15) is 19.4 Å². The Bertz CT molecular complexity index is 452. The van der Waals surface area contributed by atoms with Gasteiger partial charge in [-0.2, -0.15) is 5.26 Å². The molecule has 0 amide bonds. The molecule has 0 bridgehead atoms. The Labute approximate surface area is 113 Å². The van der Waals surface area contributed by atoms with Crippen molar-refractivity contribution in [3.63, 3.8) is 0 Å². The van der Waals surface area contributed by atoms with Crippen LogP contribution in [0.15, 0.2) is 18.2 Å². The number of likely N-dealkylation sites (N-methyl/N-ethyl adjacent to an activating group) is 1. The summed E-state index contributed by atoms with van der Waals surface area (Å²) in [5.41, 5.74) is 0.228. The second kappa shape index (κ2) is 6.17. The average molecular weight is 269 g/mol. The highest BCUT2D eigenvalue weighted by Gasteiger charge is 2.19. The standard InChI is InChI=1S/C14H18ClFN2/c1-14(2,9-17)10-18(3)7-6-11-8-12(15)4-5-13(11)16/h4-5,8H,6-7,10H2,1-3H3. The number of hydrogen-bond acceptors (Lipinski definition) is 2. The molecule has 98 valence electrons. The van der Waals surface area contributed by atoms with Gasteiger partial charge in [0.2, 0.25) is 0 Å². The Hall–Kier alpha value is -1.11. The number of hydrogen-bond donors (Lipinski definition) is 0. The van der Waals surface area contributed by atoms with Crippen molar-refractivity contribution in [3.8, 4) is 6.07 Å². The van der Waals surface area contributed by atoms with E-state index in [1.807, 2.05) is 25.8 Å². The fraction of sp³-hybridized carbons (Fsp3) is 0.500. The molecule has 1 aromatic rings. The van der Waals surface area contributed by atoms with Crippen LogP contribution < -0.4 is 0 Å². The van der Waals surface area contributed by atoms with E-state index in [2.05, 4.69) is 6.07 Å². The van der Waals surface area contributed by atoms with Gasteiger partial charge in [0.1, 0.15) is 5.82 Å². The van der Waals surface area contributed by atoms with Gasteiger partial charge in [-0.05, 0) is 51.1 Å². The first-order chi connectivity index (χ1) is 8.34. The lowest BCUT2D eigenvalue weighted by Crippen LogP contribution is -2.32. The van der Waals surface area contributed by atoms with Crippen molar-refractivity contribution >= 4 is 11.6 Å². The van der Waals surface area contributed by atoms with Crippen molar-refractivity contribution in [1.82, 2.24) is 4.90 Å². The SMILES string of the molecule is CN(CCc1cc(Cl)ccc1F)CC(C)(C)C#N. The van der Waals surface area contributed by atoms with E-state index in [9.17, 15) is 4.39 Å². The first-order valence-electron chi connectivity index (χ1n) is 5.88. The Morgan fingerprint density at radius 1 is 1.44 bits per heavy atom. The summed E-state index contributed by atoms with van der Waals surface area (Å²) in [4.78, 5) is 2.03. The first kappa shape index (κ1) is 14.9. The molecule has 0 spiro atoms. The lowest BCUT2D eigenvalue weighted by atomic mass is 9.95. The van der Waals surface area contributed by atoms with Crippen LogP contribution in [0.5, 0.6) is 0 Å². The van der Waals surface area contributed by atoms with Crippen molar-refractivity contribution in [2.75, 3.05) is 20.1 Å². The zero-order valence-corrected chi connectivity index (χ0v) is 11.8. The summed E-state index contributed by atoms with van der Waals surface area (Å²) in [5.74, 6) is -0.229. The van der Waals surface area contributed by atoms with Crippen molar-refractivity contribution in [2.24, 2.45) is 5.41 Å². The lowest BCUT2D eigenvalue weighted by molar-refractivity contribution is 0.257. The highest BCUT2D eigenvalue weighted by molar-refractivity contribution is 6.30. The fourth-order valence-electron chi connectivity index (χ4n) is 1.84. The molecule has 4 heteroatoms. The van der Waals surface area contributed by atoms with E-state index in [0.29, 0.717) is 30.1 Å². The van der Waals surface area contributed by atoms with Gasteiger partial charge in [0.05, 0.1) is 11.5 Å². The maximum absolute atomic E-state index is 13.5. The maximum Gasteiger partial charge on any atom is 0.126 e. The number of nitriles is 1. The monoisotopic (exact) mass is 268 g/mol. The molecule has 0 aliphatic heterocycles. The largest absolute Gasteiger partial charge is 0.304 e. The molecule has 0 atom stereocenters. The quantitative estimate of drug-likeness (QED) is 0.817. The van der Waals surface area contributed by atoms with Crippen LogP contribution in [0.3, 0.4) is 0 Å². The normalized spacial score (nSPS) is 11.6. The highest BCUT2D eigenvalue weighted by atomic mass is 35.5. The van der Waals surface area contributed by atoms with Crippen molar-refractivity contribution in [1.29, 1.82) is 5.26 Å². The van der Waals surface area contributed by atoms with E-state index in [1.165, 1.54) is 6.07 Å². The Morgan fingerprint density at radius 3 is 2.72 bits per heavy atom. The zero-order valence-electron chi connectivity index (χ0n) is 11.0. The second-order valence-corrected chi connectivity index (χ2v) is 5.66. The topological polar surface area (TPSA) is 27.0 Å². The van der Waals surface area contributed by atoms with Crippen LogP contribution in [0, 0.1) is 22.6 Å². The van der Waals surface area contributed by atoms with Crippen LogP contribution in [-0.4, -0.2) is 25.0 Å². The summed E-state index contributed by atoms with van der Waals surface area (Å²) < 4.78 is 13.5. The lowest BCUT2D eigenvalue weighted by Gasteiger charge is -2.24. The molecule has 0 aromatic heterocycles. The van der Waals surface area contributed by atoms with Crippen molar-refractivity contribution in [2.45, 2.75) is 20.3 Å². The van der Waals surface area contributed by atoms with Crippen LogP contribution in [0.4, 0.5) is 4.39 Å². The van der Waals surface area contributed by atoms with E-state index < -0.39 is 0 Å². The van der Waals surface area contributed by atoms with E-state index in [4.69, 9.17) is 16.9 Å². The third-order valence-electron chi connectivity index (χ3n) is 2.74. The van der Waals surface area contributed by atoms with Gasteiger partial charge in [0.25, 0.3) is 0 Å². The number of benzene rings is 1. The molecule has 0 fully saturated rings. The molecule has 0 aliphatic carbocycles. The van der Waals surface area contributed by atoms with Gasteiger partial charge in [0, 0.05) is 18.1 Å². The molecule has 18 heavy (non-hydrogen) atoms. The summed E-state index contributed by atoms with van der Waals surface area (Å²) in [6.07, 6.45) is 0.588. The Kier molecular flexibility index (Phi) is 5.13. The molecule has 0 aliphatic rings. The molecule has 0 saturated heterocycles. The van der Waals surface area contributed by atoms with E-state index in [1.54, 1.807) is 12.1 Å². The smallest absolute Gasteiger partial charge is 0.126 e. The van der Waals surface area contributed by atoms with Gasteiger partial charge in [-0.1, -0.05) is 11.6 Å². The average Bonchev–Trinajstić information content (AvgIpc) is 2.30. The molecule has 0 unspecified atom stereocenters. The summed E-state index contributed by atoms with van der Waals surface area (Å²) >= 11 is 5.84. The summed E-state index contributed by atoms with van der Waals surface area (Å²) in [6, 6.07) is 6.84. The third-order valence-corrected chi connectivity index (χ3v) is 2.97. The van der Waals surface area contributed by atoms with Crippen LogP contribution >= 0.6 is 11.6 Å². The molecule has 1 aromatic carbocycles. The minimum Gasteiger partial charge on any atom is -0.304 e. The molecular formula is C14H18ClFN2. The zero-order chi connectivity index (χ0) is 13.8. The molecule has 0 heterocycles. The minimum atomic E-state index is -0.387. The van der Waals surface area contributed by atoms with Gasteiger partial charge < -0.3 is 4.90 Å². The second-order valence-electron chi connectivity index (χ2n) is 5.22. The third kappa shape index (κ3) is 4.64. The molecule has 1 rings (SSSR count). The number of rotatable bonds is 5. The van der Waals surface area contributed by atoms with Crippen LogP contribution in [-0.2, 0) is 6.42 Å². The van der Waals surface area contributed by atoms with Crippen molar-refractivity contribution in [3.05, 3.63) is 34.6 Å². The molecule has 2 nitrogen and oxygen atoms in total. The molecule has 0 radical (unpaired) electrons. The summed E-state index contributed by atoms with van der Waals surface area (Å²) in [5, 5.41) is 9.50. The summed E-state index contributed by atoms with van der Waals surface area (Å²) in [6.45, 7) is 5.14. The van der Waals surface area contributed by atoms with E-state index >= 15 is 0 Å². The van der Waals surface area contributed by atoms with Gasteiger partial charge in [0.15, 0.2) is 0 Å². The molecule has 0 N–H and O–H groups in total. The minimum absolute atomic E-state index is 0.229. The number of halogens is 2. The molecular weight excluding hydrogens is 251 g/mol. The first-order valence-corrected chi connectivity index (χ1v) is 6.25. The van der Waals surface area contributed by atoms with Crippen LogP contribution in [0.2, 0.25) is 5.02 Å². The van der Waals surface area contributed by atoms with Gasteiger partial charge in [-0.25, -0.2) is 4.39 Å². The van der Waals surface area contributed by atoms with Crippen molar-refractivity contribution < 1.29 is 4.39 Å². The molecule has 0 saturated carbocycles. The maximum atomic E-state index is 13.5. The Morgan fingerprint density at radius 2 is 2.11 bits per heavy atom. The van der Waals surface area contributed by atoms with Gasteiger partial charge >= 0.3 is 0 Å². The van der Waals surface area contributed by atoms with E-state index in [0.717, 1.165) is 0 Å². The summed E-state index contributed by atoms with van der Waals surface area (Å²) in [7, 11) is 1.93. The van der Waals surface area contributed by atoms with Crippen LogP contribution in [0.25, 0.3) is 0 Å². The van der Waals surface area contributed by atoms with Gasteiger partial charge in [-0.3, -0.25) is 0 Å². The Balaban J connectivity index is 2.55. The van der Waals surface area contributed by atoms with E-state index in [-0.39, 0.29) is 11.2 Å². The predicted molar refractivity (Wildman–Crippen MR) is 72.0 cm³/mol.